The molecule has 3 aromatic rings. The minimum Gasteiger partial charge on any atom is -0.358 e. The molecule has 0 aliphatic rings. The molecule has 0 aromatic carbocycles. The van der Waals surface area contributed by atoms with Crippen LogP contribution in [0.15, 0.2) is 19.0 Å². The fourth-order valence-corrected chi connectivity index (χ4v) is 2.60. The largest absolute Gasteiger partial charge is 0.385 e. The monoisotopic (exact) mass is 487 g/mol. The Kier molecular flexibility index (Phi) is 8.72. The molecule has 0 unspecified atom stereocenters. The molecule has 15 nitrogen and oxygen atoms in total. The van der Waals surface area contributed by atoms with E-state index in [1.807, 2.05) is 0 Å². The smallest absolute Gasteiger partial charge is 0.358 e. The quantitative estimate of drug-likeness (QED) is 0.326. The molecule has 162 valence electrons. The number of aryl methyl sites for hydroxylation is 3. The Morgan fingerprint density at radius 2 is 1.47 bits per heavy atom. The number of H-pyrrole nitrogens is 1. The van der Waals surface area contributed by atoms with E-state index in [4.69, 9.17) is 0 Å². The molecule has 1 N–H and O–H groups in total. The van der Waals surface area contributed by atoms with Gasteiger partial charge in [0.25, 0.3) is 0 Å². The van der Waals surface area contributed by atoms with Gasteiger partial charge in [0.1, 0.15) is 17.1 Å². The van der Waals surface area contributed by atoms with Crippen LogP contribution in [0, 0.1) is 44.2 Å². The Balaban J connectivity index is 0.000000226. The molecule has 3 heterocycles. The van der Waals surface area contributed by atoms with Gasteiger partial charge in [-0.15, -0.1) is 0 Å². The van der Waals surface area contributed by atoms with Crippen molar-refractivity contribution >= 4 is 33.4 Å². The molecule has 3 aromatic heterocycles. The molecule has 16 heteroatoms. The number of alkyl halides is 1. The van der Waals surface area contributed by atoms with Crippen LogP contribution in [0.4, 0.5) is 17.5 Å². The molecular weight excluding hydrogens is 470 g/mol. The Bertz CT molecular complexity index is 1040. The molecule has 30 heavy (non-hydrogen) atoms. The summed E-state index contributed by atoms with van der Waals surface area (Å²) in [5.74, 6) is -0.179. The maximum absolute atomic E-state index is 10.3. The van der Waals surface area contributed by atoms with E-state index >= 15 is 0 Å². The normalized spacial score (nSPS) is 9.77. The summed E-state index contributed by atoms with van der Waals surface area (Å²) in [5, 5.41) is 30.9. The lowest BCUT2D eigenvalue weighted by molar-refractivity contribution is -0.390. The third kappa shape index (κ3) is 6.16. The Labute approximate surface area is 177 Å². The van der Waals surface area contributed by atoms with Crippen molar-refractivity contribution in [2.24, 2.45) is 14.1 Å². The molecule has 0 radical (unpaired) electrons. The predicted molar refractivity (Wildman–Crippen MR) is 107 cm³/mol. The molecule has 0 saturated carbocycles. The summed E-state index contributed by atoms with van der Waals surface area (Å²) in [6, 6.07) is 0. The molecule has 3 rings (SSSR count). The number of nitrogens with zero attached hydrogens (tertiary/aromatic N) is 8. The highest BCUT2D eigenvalue weighted by atomic mass is 79.9. The van der Waals surface area contributed by atoms with Crippen LogP contribution in [0.3, 0.4) is 0 Å². The third-order valence-corrected chi connectivity index (χ3v) is 4.23. The van der Waals surface area contributed by atoms with E-state index in [-0.39, 0.29) is 17.5 Å². The van der Waals surface area contributed by atoms with Crippen molar-refractivity contribution in [2.45, 2.75) is 19.2 Å². The molecule has 0 aliphatic heterocycles. The maximum Gasteiger partial charge on any atom is 0.385 e. The van der Waals surface area contributed by atoms with Crippen molar-refractivity contribution in [2.75, 3.05) is 0 Å². The van der Waals surface area contributed by atoms with Gasteiger partial charge in [-0.05, 0) is 38.6 Å². The van der Waals surface area contributed by atoms with Crippen molar-refractivity contribution in [1.82, 2.24) is 29.1 Å². The van der Waals surface area contributed by atoms with Crippen LogP contribution in [0.2, 0.25) is 0 Å². The van der Waals surface area contributed by atoms with Crippen molar-refractivity contribution in [1.29, 1.82) is 0 Å². The van der Waals surface area contributed by atoms with Crippen LogP contribution in [0.5, 0.6) is 0 Å². The average Bonchev–Trinajstić information content (AvgIpc) is 3.35. The van der Waals surface area contributed by atoms with Gasteiger partial charge in [0.05, 0.1) is 5.33 Å². The molecule has 0 bridgehead atoms. The van der Waals surface area contributed by atoms with Crippen LogP contribution < -0.4 is 0 Å². The number of nitrogens with one attached hydrogen (secondary N) is 1. The molecule has 0 spiro atoms. The topological polar surface area (TPSA) is 194 Å². The number of imidazole rings is 3. The molecule has 0 amide bonds. The van der Waals surface area contributed by atoms with Crippen LogP contribution in [-0.2, 0) is 19.4 Å². The zero-order chi connectivity index (χ0) is 23.0. The lowest BCUT2D eigenvalue weighted by Gasteiger charge is -1.94. The standard InChI is InChI=1S/C5H6BrN3O2.C5H7N3O2.C4H5N3O2/c1-8-3-7-5(9(10)11)4(8)2-6;1-4-5(8(9)10)6-3-7(4)2;1-3-4(7(8)9)6-2-5-3/h3H,2H2,1H3;3H,1-2H3;2H,1H3,(H,5,6). The van der Waals surface area contributed by atoms with E-state index in [2.05, 4.69) is 35.9 Å². The second-order valence-corrected chi connectivity index (χ2v) is 6.19. The summed E-state index contributed by atoms with van der Waals surface area (Å²) in [6.45, 7) is 3.24. The van der Waals surface area contributed by atoms with Gasteiger partial charge in [-0.1, -0.05) is 15.9 Å². The minimum atomic E-state index is -0.498. The lowest BCUT2D eigenvalue weighted by atomic mass is 10.5. The van der Waals surface area contributed by atoms with Crippen LogP contribution >= 0.6 is 15.9 Å². The van der Waals surface area contributed by atoms with Gasteiger partial charge in [-0.3, -0.25) is 0 Å². The highest BCUT2D eigenvalue weighted by molar-refractivity contribution is 9.08. The van der Waals surface area contributed by atoms with Crippen molar-refractivity contribution in [3.05, 3.63) is 66.4 Å². The van der Waals surface area contributed by atoms with Crippen molar-refractivity contribution in [3.63, 3.8) is 0 Å². The second-order valence-electron chi connectivity index (χ2n) is 5.63. The van der Waals surface area contributed by atoms with E-state index in [1.165, 1.54) is 19.0 Å². The Morgan fingerprint density at radius 3 is 1.73 bits per heavy atom. The summed E-state index contributed by atoms with van der Waals surface area (Å²) in [5.41, 5.74) is 1.57. The SMILES string of the molecule is Cc1c([N+](=O)[O-])ncn1C.Cc1nc[nH]c1[N+](=O)[O-].Cn1cnc([N+](=O)[O-])c1CBr. The summed E-state index contributed by atoms with van der Waals surface area (Å²) < 4.78 is 3.23. The Morgan fingerprint density at radius 1 is 0.933 bits per heavy atom. The summed E-state index contributed by atoms with van der Waals surface area (Å²) in [6.07, 6.45) is 4.15. The molecule has 0 saturated heterocycles. The third-order valence-electron chi connectivity index (χ3n) is 3.70. The van der Waals surface area contributed by atoms with E-state index in [0.29, 0.717) is 22.4 Å². The van der Waals surface area contributed by atoms with Crippen LogP contribution in [0.1, 0.15) is 17.1 Å². The highest BCUT2D eigenvalue weighted by Crippen LogP contribution is 2.17. The van der Waals surface area contributed by atoms with Gasteiger partial charge >= 0.3 is 17.5 Å². The zero-order valence-electron chi connectivity index (χ0n) is 16.3. The summed E-state index contributed by atoms with van der Waals surface area (Å²) >= 11 is 3.14. The average molecular weight is 488 g/mol. The van der Waals surface area contributed by atoms with Crippen LogP contribution in [0.25, 0.3) is 0 Å². The van der Waals surface area contributed by atoms with Gasteiger partial charge < -0.3 is 39.5 Å². The van der Waals surface area contributed by atoms with Gasteiger partial charge in [-0.25, -0.2) is 9.97 Å². The van der Waals surface area contributed by atoms with Gasteiger partial charge in [0.2, 0.25) is 12.7 Å². The van der Waals surface area contributed by atoms with E-state index < -0.39 is 14.8 Å². The first-order valence-electron chi connectivity index (χ1n) is 7.98. The van der Waals surface area contributed by atoms with E-state index in [9.17, 15) is 30.3 Å². The van der Waals surface area contributed by atoms with Gasteiger partial charge in [-0.2, -0.15) is 0 Å². The molecule has 0 fully saturated rings. The van der Waals surface area contributed by atoms with E-state index in [0.717, 1.165) is 0 Å². The van der Waals surface area contributed by atoms with Crippen molar-refractivity contribution < 1.29 is 14.8 Å². The number of hydrogen-bond acceptors (Lipinski definition) is 9. The van der Waals surface area contributed by atoms with E-state index in [1.54, 1.807) is 37.1 Å². The highest BCUT2D eigenvalue weighted by Gasteiger charge is 2.17. The second kappa shape index (κ2) is 10.7. The number of aromatic nitrogens is 6. The maximum atomic E-state index is 10.3. The predicted octanol–water partition coefficient (Wildman–Crippen LogP) is 2.49. The number of rotatable bonds is 4. The first kappa shape index (κ1) is 24.3. The summed E-state index contributed by atoms with van der Waals surface area (Å²) in [7, 11) is 3.44. The first-order chi connectivity index (χ1) is 14.0. The fourth-order valence-electron chi connectivity index (χ4n) is 1.95. The van der Waals surface area contributed by atoms with Crippen LogP contribution in [-0.4, -0.2) is 43.8 Å². The molecule has 0 aliphatic carbocycles. The fraction of sp³-hybridized carbons (Fsp3) is 0.357. The number of halogens is 1. The number of hydrogen-bond donors (Lipinski definition) is 1. The summed E-state index contributed by atoms with van der Waals surface area (Å²) in [4.78, 5) is 42.2. The zero-order valence-corrected chi connectivity index (χ0v) is 17.9. The number of nitro groups is 3. The van der Waals surface area contributed by atoms with Crippen molar-refractivity contribution in [3.8, 4) is 0 Å². The Hall–Kier alpha value is -3.69. The minimum absolute atomic E-state index is 0.0324. The molecular formula is C14H18BrN9O6. The van der Waals surface area contributed by atoms with Gasteiger partial charge in [0.15, 0.2) is 6.33 Å². The molecule has 0 atom stereocenters. The first-order valence-corrected chi connectivity index (χ1v) is 9.10. The van der Waals surface area contributed by atoms with Gasteiger partial charge in [0, 0.05) is 14.1 Å². The number of aromatic amines is 1. The lowest BCUT2D eigenvalue weighted by Crippen LogP contribution is -1.96.